The highest BCUT2D eigenvalue weighted by Gasteiger charge is 2.42. The molecule has 0 saturated carbocycles. The van der Waals surface area contributed by atoms with Gasteiger partial charge in [0.15, 0.2) is 0 Å². The molecule has 0 saturated heterocycles. The zero-order valence-electron chi connectivity index (χ0n) is 18.5. The molecule has 33 heavy (non-hydrogen) atoms. The summed E-state index contributed by atoms with van der Waals surface area (Å²) in [6.45, 7) is 4.11. The summed E-state index contributed by atoms with van der Waals surface area (Å²) in [5, 5.41) is 3.17. The van der Waals surface area contributed by atoms with Gasteiger partial charge in [0, 0.05) is 5.69 Å². The fourth-order valence-electron chi connectivity index (χ4n) is 4.09. The van der Waals surface area contributed by atoms with Crippen LogP contribution in [0.2, 0.25) is 0 Å². The monoisotopic (exact) mass is 433 g/mol. The number of hydrogen-bond acceptors (Lipinski definition) is 2. The zero-order chi connectivity index (χ0) is 22.9. The van der Waals surface area contributed by atoms with Gasteiger partial charge in [-0.05, 0) is 47.4 Å². The van der Waals surface area contributed by atoms with E-state index >= 15 is 0 Å². The summed E-state index contributed by atoms with van der Waals surface area (Å²) < 4.78 is 5.57. The van der Waals surface area contributed by atoms with E-state index in [0.717, 1.165) is 28.1 Å². The molecule has 0 bridgehead atoms. The third-order valence-electron chi connectivity index (χ3n) is 5.71. The van der Waals surface area contributed by atoms with Gasteiger partial charge in [-0.15, -0.1) is 0 Å². The van der Waals surface area contributed by atoms with Crippen molar-refractivity contribution >= 4 is 11.6 Å². The number of nitrogens with one attached hydrogen (secondary N) is 1. The number of rotatable bonds is 9. The average Bonchev–Trinajstić information content (AvgIpc) is 2.88. The van der Waals surface area contributed by atoms with Crippen LogP contribution in [-0.4, -0.2) is 12.5 Å². The molecule has 0 spiro atoms. The van der Waals surface area contributed by atoms with E-state index in [1.54, 1.807) is 6.08 Å². The van der Waals surface area contributed by atoms with E-state index in [2.05, 4.69) is 24.0 Å². The molecule has 0 radical (unpaired) electrons. The molecule has 3 nitrogen and oxygen atoms in total. The van der Waals surface area contributed by atoms with Crippen LogP contribution in [-0.2, 0) is 16.6 Å². The Morgan fingerprint density at radius 3 is 1.79 bits per heavy atom. The van der Waals surface area contributed by atoms with Crippen molar-refractivity contribution in [1.29, 1.82) is 0 Å². The Labute approximate surface area is 195 Å². The Bertz CT molecular complexity index is 1130. The lowest BCUT2D eigenvalue weighted by molar-refractivity contribution is -0.120. The molecule has 0 atom stereocenters. The van der Waals surface area contributed by atoms with Gasteiger partial charge in [0.25, 0.3) is 0 Å². The molecule has 1 amide bonds. The van der Waals surface area contributed by atoms with Crippen LogP contribution < -0.4 is 10.1 Å². The standard InChI is InChI=1S/C30H27NO2/c1-2-22-33-28-20-18-27(19-21-28)31-29(32)30(25-14-8-4-9-15-25,26-16-10-5-11-17-26)23-24-12-6-3-7-13-24/h2-21H,1,22-23H2,(H,31,32). The third-order valence-corrected chi connectivity index (χ3v) is 5.71. The van der Waals surface area contributed by atoms with Gasteiger partial charge in [-0.3, -0.25) is 4.79 Å². The molecule has 4 rings (SSSR count). The van der Waals surface area contributed by atoms with Crippen molar-refractivity contribution in [3.05, 3.63) is 145 Å². The maximum absolute atomic E-state index is 14.1. The molecule has 4 aromatic carbocycles. The van der Waals surface area contributed by atoms with Crippen LogP contribution in [0.1, 0.15) is 16.7 Å². The number of ether oxygens (including phenoxy) is 1. The quantitative estimate of drug-likeness (QED) is 0.309. The predicted molar refractivity (Wildman–Crippen MR) is 135 cm³/mol. The Morgan fingerprint density at radius 1 is 0.758 bits per heavy atom. The molecule has 0 aliphatic carbocycles. The highest BCUT2D eigenvalue weighted by atomic mass is 16.5. The van der Waals surface area contributed by atoms with Crippen LogP contribution >= 0.6 is 0 Å². The smallest absolute Gasteiger partial charge is 0.239 e. The van der Waals surface area contributed by atoms with E-state index in [1.807, 2.05) is 103 Å². The number of carbonyl (C=O) groups is 1. The predicted octanol–water partition coefficient (Wildman–Crippen LogP) is 6.42. The average molecular weight is 434 g/mol. The van der Waals surface area contributed by atoms with Crippen molar-refractivity contribution in [2.45, 2.75) is 11.8 Å². The molecule has 0 fully saturated rings. The largest absolute Gasteiger partial charge is 0.490 e. The van der Waals surface area contributed by atoms with Gasteiger partial charge in [-0.2, -0.15) is 0 Å². The van der Waals surface area contributed by atoms with Crippen molar-refractivity contribution in [3.8, 4) is 5.75 Å². The lowest BCUT2D eigenvalue weighted by Crippen LogP contribution is -2.43. The highest BCUT2D eigenvalue weighted by molar-refractivity contribution is 6.02. The molecular formula is C30H27NO2. The minimum atomic E-state index is -0.901. The number of hydrogen-bond donors (Lipinski definition) is 1. The maximum Gasteiger partial charge on any atom is 0.239 e. The van der Waals surface area contributed by atoms with Gasteiger partial charge < -0.3 is 10.1 Å². The molecule has 0 unspecified atom stereocenters. The Hall–Kier alpha value is -4.11. The van der Waals surface area contributed by atoms with Crippen LogP contribution in [0.3, 0.4) is 0 Å². The molecule has 0 aromatic heterocycles. The summed E-state index contributed by atoms with van der Waals surface area (Å²) in [4.78, 5) is 14.1. The van der Waals surface area contributed by atoms with Crippen LogP contribution in [0.15, 0.2) is 128 Å². The maximum atomic E-state index is 14.1. The normalized spacial score (nSPS) is 10.9. The molecule has 1 N–H and O–H groups in total. The lowest BCUT2D eigenvalue weighted by atomic mass is 9.69. The van der Waals surface area contributed by atoms with Crippen molar-refractivity contribution in [2.75, 3.05) is 11.9 Å². The van der Waals surface area contributed by atoms with Gasteiger partial charge in [0.05, 0.1) is 0 Å². The van der Waals surface area contributed by atoms with E-state index in [0.29, 0.717) is 13.0 Å². The summed E-state index contributed by atoms with van der Waals surface area (Å²) in [7, 11) is 0. The van der Waals surface area contributed by atoms with E-state index in [-0.39, 0.29) is 5.91 Å². The summed E-state index contributed by atoms with van der Waals surface area (Å²) in [6.07, 6.45) is 2.24. The van der Waals surface area contributed by atoms with Crippen LogP contribution in [0.25, 0.3) is 0 Å². The Morgan fingerprint density at radius 2 is 1.27 bits per heavy atom. The SMILES string of the molecule is C=CCOc1ccc(NC(=O)C(Cc2ccccc2)(c2ccccc2)c2ccccc2)cc1. The van der Waals surface area contributed by atoms with Gasteiger partial charge in [-0.25, -0.2) is 0 Å². The Balaban J connectivity index is 1.77. The number of carbonyl (C=O) groups excluding carboxylic acids is 1. The zero-order valence-corrected chi connectivity index (χ0v) is 18.5. The minimum absolute atomic E-state index is 0.0801. The first-order valence-electron chi connectivity index (χ1n) is 11.0. The second kappa shape index (κ2) is 10.5. The molecular weight excluding hydrogens is 406 g/mol. The molecule has 0 aliphatic rings. The summed E-state index contributed by atoms with van der Waals surface area (Å²) >= 11 is 0. The van der Waals surface area contributed by atoms with Crippen molar-refractivity contribution < 1.29 is 9.53 Å². The first kappa shape index (κ1) is 22.1. The van der Waals surface area contributed by atoms with Gasteiger partial charge in [-0.1, -0.05) is 104 Å². The van der Waals surface area contributed by atoms with Gasteiger partial charge in [0.2, 0.25) is 5.91 Å². The molecule has 164 valence electrons. The second-order valence-corrected chi connectivity index (χ2v) is 7.88. The molecule has 4 aromatic rings. The molecule has 0 aliphatic heterocycles. The van der Waals surface area contributed by atoms with Crippen LogP contribution in [0.4, 0.5) is 5.69 Å². The fourth-order valence-corrected chi connectivity index (χ4v) is 4.09. The van der Waals surface area contributed by atoms with Crippen molar-refractivity contribution in [1.82, 2.24) is 0 Å². The van der Waals surface area contributed by atoms with E-state index < -0.39 is 5.41 Å². The van der Waals surface area contributed by atoms with Crippen LogP contribution in [0.5, 0.6) is 5.75 Å². The molecule has 0 heterocycles. The second-order valence-electron chi connectivity index (χ2n) is 7.88. The number of amides is 1. The van der Waals surface area contributed by atoms with Crippen molar-refractivity contribution in [2.24, 2.45) is 0 Å². The number of anilines is 1. The van der Waals surface area contributed by atoms with E-state index in [4.69, 9.17) is 4.74 Å². The van der Waals surface area contributed by atoms with Crippen LogP contribution in [0, 0.1) is 0 Å². The first-order valence-corrected chi connectivity index (χ1v) is 11.0. The lowest BCUT2D eigenvalue weighted by Gasteiger charge is -2.34. The molecule has 3 heteroatoms. The topological polar surface area (TPSA) is 38.3 Å². The minimum Gasteiger partial charge on any atom is -0.490 e. The summed E-state index contributed by atoms with van der Waals surface area (Å²) in [5.74, 6) is 0.651. The summed E-state index contributed by atoms with van der Waals surface area (Å²) in [6, 6.07) is 37.6. The highest BCUT2D eigenvalue weighted by Crippen LogP contribution is 2.37. The third kappa shape index (κ3) is 5.04. The Kier molecular flexibility index (Phi) is 7.01. The van der Waals surface area contributed by atoms with Crippen molar-refractivity contribution in [3.63, 3.8) is 0 Å². The number of benzene rings is 4. The van der Waals surface area contributed by atoms with E-state index in [9.17, 15) is 4.79 Å². The van der Waals surface area contributed by atoms with Gasteiger partial charge in [0.1, 0.15) is 17.8 Å². The fraction of sp³-hybridized carbons (Fsp3) is 0.100. The van der Waals surface area contributed by atoms with Gasteiger partial charge >= 0.3 is 0 Å². The first-order chi connectivity index (χ1) is 16.2. The van der Waals surface area contributed by atoms with E-state index in [1.165, 1.54) is 0 Å². The summed E-state index contributed by atoms with van der Waals surface area (Å²) in [5.41, 5.74) is 2.80.